The zero-order valence-electron chi connectivity index (χ0n) is 14.1. The summed E-state index contributed by atoms with van der Waals surface area (Å²) < 4.78 is 44.7. The molecule has 0 aliphatic carbocycles. The first-order valence-electron chi connectivity index (χ1n) is 7.58. The molecule has 0 spiro atoms. The number of hydrogen-bond acceptors (Lipinski definition) is 4. The van der Waals surface area contributed by atoms with E-state index in [2.05, 4.69) is 25.7 Å². The predicted molar refractivity (Wildman–Crippen MR) is 91.2 cm³/mol. The van der Waals surface area contributed by atoms with E-state index in [-0.39, 0.29) is 17.5 Å². The van der Waals surface area contributed by atoms with E-state index in [1.54, 1.807) is 17.9 Å². The van der Waals surface area contributed by atoms with Crippen LogP contribution in [-0.2, 0) is 19.8 Å². The summed E-state index contributed by atoms with van der Waals surface area (Å²) in [5, 5.41) is 9.98. The smallest absolute Gasteiger partial charge is 0.417 e. The van der Waals surface area contributed by atoms with Crippen molar-refractivity contribution in [2.45, 2.75) is 12.7 Å². The predicted octanol–water partition coefficient (Wildman–Crippen LogP) is 2.23. The summed E-state index contributed by atoms with van der Waals surface area (Å²) in [4.78, 5) is 7.66. The Kier molecular flexibility index (Phi) is 6.67. The Hall–Kier alpha value is -2.49. The molecule has 0 amide bonds. The van der Waals surface area contributed by atoms with Gasteiger partial charge in [0.1, 0.15) is 11.6 Å². The molecular formula is C15H18ClF3N6O. The van der Waals surface area contributed by atoms with Gasteiger partial charge in [0.25, 0.3) is 0 Å². The SMILES string of the molecule is CN=C(NCCOc1ncc(C(F)(F)F)cc1Cl)NCc1ccnn1C. The molecule has 0 unspecified atom stereocenters. The molecule has 0 saturated carbocycles. The van der Waals surface area contributed by atoms with Gasteiger partial charge in [-0.1, -0.05) is 11.6 Å². The lowest BCUT2D eigenvalue weighted by molar-refractivity contribution is -0.137. The lowest BCUT2D eigenvalue weighted by atomic mass is 10.3. The number of aliphatic imine (C=N–C) groups is 1. The molecule has 26 heavy (non-hydrogen) atoms. The Morgan fingerprint density at radius 1 is 1.38 bits per heavy atom. The lowest BCUT2D eigenvalue weighted by Crippen LogP contribution is -2.39. The molecule has 0 aliphatic heterocycles. The van der Waals surface area contributed by atoms with Gasteiger partial charge >= 0.3 is 6.18 Å². The molecule has 0 aromatic carbocycles. The molecule has 0 fully saturated rings. The van der Waals surface area contributed by atoms with Crippen LogP contribution in [0.2, 0.25) is 5.02 Å². The van der Waals surface area contributed by atoms with E-state index in [1.165, 1.54) is 0 Å². The Balaban J connectivity index is 1.77. The van der Waals surface area contributed by atoms with Crippen LogP contribution in [0.5, 0.6) is 5.88 Å². The number of nitrogens with zero attached hydrogens (tertiary/aromatic N) is 4. The van der Waals surface area contributed by atoms with Gasteiger partial charge in [-0.25, -0.2) is 4.98 Å². The molecule has 11 heteroatoms. The van der Waals surface area contributed by atoms with Gasteiger partial charge in [-0.15, -0.1) is 0 Å². The van der Waals surface area contributed by atoms with Crippen molar-refractivity contribution in [1.29, 1.82) is 0 Å². The number of halogens is 4. The number of aromatic nitrogens is 3. The molecule has 0 bridgehead atoms. The number of aryl methyl sites for hydroxylation is 1. The summed E-state index contributed by atoms with van der Waals surface area (Å²) in [6, 6.07) is 2.66. The van der Waals surface area contributed by atoms with Gasteiger partial charge in [-0.3, -0.25) is 9.67 Å². The highest BCUT2D eigenvalue weighted by atomic mass is 35.5. The molecule has 2 aromatic heterocycles. The van der Waals surface area contributed by atoms with Crippen LogP contribution in [0.4, 0.5) is 13.2 Å². The van der Waals surface area contributed by atoms with Gasteiger partial charge < -0.3 is 15.4 Å². The molecular weight excluding hydrogens is 373 g/mol. The highest BCUT2D eigenvalue weighted by Gasteiger charge is 2.31. The fraction of sp³-hybridized carbons (Fsp3) is 0.400. The van der Waals surface area contributed by atoms with Gasteiger partial charge in [0.05, 0.1) is 24.3 Å². The second-order valence-corrected chi connectivity index (χ2v) is 5.56. The number of guanidine groups is 1. The van der Waals surface area contributed by atoms with Gasteiger partial charge in [-0.05, 0) is 12.1 Å². The van der Waals surface area contributed by atoms with Crippen molar-refractivity contribution in [2.75, 3.05) is 20.2 Å². The standard InChI is InChI=1S/C15H18ClF3N6O/c1-20-14(23-9-11-3-4-24-25(11)2)21-5-6-26-13-12(16)7-10(8-22-13)15(17,18)19/h3-4,7-8H,5-6,9H2,1-2H3,(H2,20,21,23). The van der Waals surface area contributed by atoms with E-state index in [0.717, 1.165) is 11.8 Å². The van der Waals surface area contributed by atoms with E-state index < -0.39 is 11.7 Å². The first-order chi connectivity index (χ1) is 12.3. The van der Waals surface area contributed by atoms with Crippen molar-refractivity contribution in [2.24, 2.45) is 12.0 Å². The quantitative estimate of drug-likeness (QED) is 0.449. The summed E-state index contributed by atoms with van der Waals surface area (Å²) in [7, 11) is 3.45. The maximum absolute atomic E-state index is 12.6. The lowest BCUT2D eigenvalue weighted by Gasteiger charge is -2.13. The van der Waals surface area contributed by atoms with Crippen molar-refractivity contribution in [3.05, 3.63) is 40.8 Å². The summed E-state index contributed by atoms with van der Waals surface area (Å²) >= 11 is 5.77. The summed E-state index contributed by atoms with van der Waals surface area (Å²) in [5.41, 5.74) is 0.0534. The fourth-order valence-electron chi connectivity index (χ4n) is 1.97. The van der Waals surface area contributed by atoms with E-state index in [1.807, 2.05) is 13.1 Å². The van der Waals surface area contributed by atoms with Crippen LogP contribution in [0, 0.1) is 0 Å². The highest BCUT2D eigenvalue weighted by molar-refractivity contribution is 6.31. The van der Waals surface area contributed by atoms with Crippen LogP contribution in [0.25, 0.3) is 0 Å². The minimum absolute atomic E-state index is 0.0562. The fourth-order valence-corrected chi connectivity index (χ4v) is 2.19. The first kappa shape index (κ1) is 19.8. The number of alkyl halides is 3. The van der Waals surface area contributed by atoms with Gasteiger partial charge in [0, 0.05) is 26.5 Å². The average Bonchev–Trinajstić information content (AvgIpc) is 2.99. The molecule has 0 aliphatic rings. The molecule has 7 nitrogen and oxygen atoms in total. The number of hydrogen-bond donors (Lipinski definition) is 2. The second-order valence-electron chi connectivity index (χ2n) is 5.16. The summed E-state index contributed by atoms with van der Waals surface area (Å²) in [6.45, 7) is 1.03. The zero-order valence-corrected chi connectivity index (χ0v) is 14.9. The van der Waals surface area contributed by atoms with Crippen molar-refractivity contribution in [3.8, 4) is 5.88 Å². The average molecular weight is 391 g/mol. The largest absolute Gasteiger partial charge is 0.475 e. The maximum Gasteiger partial charge on any atom is 0.417 e. The molecule has 0 radical (unpaired) electrons. The molecule has 0 atom stereocenters. The monoisotopic (exact) mass is 390 g/mol. The van der Waals surface area contributed by atoms with Crippen molar-refractivity contribution < 1.29 is 17.9 Å². The third kappa shape index (κ3) is 5.51. The summed E-state index contributed by atoms with van der Waals surface area (Å²) in [6.07, 6.45) is -2.12. The van der Waals surface area contributed by atoms with Crippen LogP contribution in [0.3, 0.4) is 0 Å². The molecule has 0 saturated heterocycles. The van der Waals surface area contributed by atoms with Gasteiger partial charge in [-0.2, -0.15) is 18.3 Å². The number of rotatable bonds is 6. The van der Waals surface area contributed by atoms with Gasteiger partial charge in [0.15, 0.2) is 5.96 Å². The molecule has 142 valence electrons. The third-order valence-electron chi connectivity index (χ3n) is 3.35. The minimum Gasteiger partial charge on any atom is -0.475 e. The van der Waals surface area contributed by atoms with Crippen LogP contribution in [0.1, 0.15) is 11.3 Å². The Morgan fingerprint density at radius 3 is 2.73 bits per heavy atom. The topological polar surface area (TPSA) is 76.4 Å². The van der Waals surface area contributed by atoms with Crippen molar-refractivity contribution in [1.82, 2.24) is 25.4 Å². The maximum atomic E-state index is 12.6. The number of pyridine rings is 1. The van der Waals surface area contributed by atoms with E-state index in [4.69, 9.17) is 16.3 Å². The van der Waals surface area contributed by atoms with Crippen molar-refractivity contribution >= 4 is 17.6 Å². The van der Waals surface area contributed by atoms with E-state index >= 15 is 0 Å². The summed E-state index contributed by atoms with van der Waals surface area (Å²) in [5.74, 6) is 0.487. The molecule has 2 N–H and O–H groups in total. The van der Waals surface area contributed by atoms with Crippen LogP contribution in [-0.4, -0.2) is 40.9 Å². The Morgan fingerprint density at radius 2 is 2.15 bits per heavy atom. The third-order valence-corrected chi connectivity index (χ3v) is 3.62. The van der Waals surface area contributed by atoms with E-state index in [9.17, 15) is 13.2 Å². The molecule has 2 aromatic rings. The normalized spacial score (nSPS) is 12.2. The van der Waals surface area contributed by atoms with Crippen LogP contribution >= 0.6 is 11.6 Å². The number of nitrogens with one attached hydrogen (secondary N) is 2. The van der Waals surface area contributed by atoms with Crippen LogP contribution < -0.4 is 15.4 Å². The van der Waals surface area contributed by atoms with E-state index in [0.29, 0.717) is 25.2 Å². The Labute approximate surface area is 153 Å². The molecule has 2 heterocycles. The highest BCUT2D eigenvalue weighted by Crippen LogP contribution is 2.32. The van der Waals surface area contributed by atoms with Gasteiger partial charge in [0.2, 0.25) is 5.88 Å². The minimum atomic E-state index is -4.50. The zero-order chi connectivity index (χ0) is 19.2. The van der Waals surface area contributed by atoms with Crippen LogP contribution in [0.15, 0.2) is 29.5 Å². The van der Waals surface area contributed by atoms with Crippen molar-refractivity contribution in [3.63, 3.8) is 0 Å². The first-order valence-corrected chi connectivity index (χ1v) is 7.96. The molecule has 2 rings (SSSR count). The Bertz CT molecular complexity index is 762. The second kappa shape index (κ2) is 8.75. The number of ether oxygens (including phenoxy) is 1.